The Morgan fingerprint density at radius 1 is 1.09 bits per heavy atom. The number of amides is 1. The Bertz CT molecular complexity index is 1130. The number of aryl methyl sites for hydroxylation is 3. The first-order chi connectivity index (χ1) is 15.3. The monoisotopic (exact) mass is 457 g/mol. The van der Waals surface area contributed by atoms with Gasteiger partial charge in [0.25, 0.3) is 0 Å². The number of likely N-dealkylation sites (tertiary alicyclic amines) is 1. The van der Waals surface area contributed by atoms with Crippen molar-refractivity contribution in [1.82, 2.24) is 14.4 Å². The summed E-state index contributed by atoms with van der Waals surface area (Å²) >= 11 is 0. The molecule has 1 aromatic heterocycles. The molecule has 0 radical (unpaired) electrons. The zero-order valence-electron chi connectivity index (χ0n) is 19.0. The van der Waals surface area contributed by atoms with E-state index in [0.29, 0.717) is 18.7 Å². The largest absolute Gasteiger partial charge is 0.355 e. The van der Waals surface area contributed by atoms with Crippen molar-refractivity contribution in [2.75, 3.05) is 26.2 Å². The number of sulfonamides is 1. The number of hydrogen-bond acceptors (Lipinski definition) is 5. The standard InChI is InChI=1S/C24H31N3O4S/c1-17-8-9-18(2)20(15-17)10-11-22-23(19(3)25-31-22)32(29,30)27-14-6-7-21(16-27)24(28)26-12-4-5-13-26/h8-11,15,21H,4-7,12-14,16H2,1-3H3. The van der Waals surface area contributed by atoms with Gasteiger partial charge >= 0.3 is 0 Å². The van der Waals surface area contributed by atoms with Crippen molar-refractivity contribution in [2.45, 2.75) is 51.3 Å². The Morgan fingerprint density at radius 2 is 1.84 bits per heavy atom. The molecule has 1 aromatic carbocycles. The average molecular weight is 458 g/mol. The average Bonchev–Trinajstić information content (AvgIpc) is 3.44. The zero-order chi connectivity index (χ0) is 22.9. The molecule has 2 aliphatic heterocycles. The lowest BCUT2D eigenvalue weighted by molar-refractivity contribution is -0.135. The van der Waals surface area contributed by atoms with Crippen LogP contribution in [0.1, 0.15) is 53.8 Å². The van der Waals surface area contributed by atoms with E-state index in [2.05, 4.69) is 5.16 Å². The summed E-state index contributed by atoms with van der Waals surface area (Å²) in [5.74, 6) is 0.0154. The van der Waals surface area contributed by atoms with Crippen LogP contribution in [-0.4, -0.2) is 54.9 Å². The smallest absolute Gasteiger partial charge is 0.248 e. The van der Waals surface area contributed by atoms with Crippen LogP contribution < -0.4 is 0 Å². The van der Waals surface area contributed by atoms with Gasteiger partial charge in [-0.25, -0.2) is 8.42 Å². The van der Waals surface area contributed by atoms with E-state index in [1.165, 1.54) is 4.31 Å². The number of aromatic nitrogens is 1. The molecule has 1 amide bonds. The van der Waals surface area contributed by atoms with Crippen LogP contribution in [0.25, 0.3) is 12.2 Å². The van der Waals surface area contributed by atoms with Crippen molar-refractivity contribution in [1.29, 1.82) is 0 Å². The molecule has 1 unspecified atom stereocenters. The fourth-order valence-electron chi connectivity index (χ4n) is 4.59. The highest BCUT2D eigenvalue weighted by Crippen LogP contribution is 2.30. The van der Waals surface area contributed by atoms with Gasteiger partial charge in [0, 0.05) is 26.2 Å². The van der Waals surface area contributed by atoms with Gasteiger partial charge in [-0.05, 0) is 63.7 Å². The van der Waals surface area contributed by atoms with Gasteiger partial charge in [-0.3, -0.25) is 4.79 Å². The Hall–Kier alpha value is -2.45. The third-order valence-electron chi connectivity index (χ3n) is 6.43. The van der Waals surface area contributed by atoms with Crippen LogP contribution in [0.15, 0.2) is 27.6 Å². The summed E-state index contributed by atoms with van der Waals surface area (Å²) in [7, 11) is -3.84. The molecule has 2 fully saturated rings. The number of carbonyl (C=O) groups is 1. The van der Waals surface area contributed by atoms with Crippen LogP contribution in [0.2, 0.25) is 0 Å². The molecule has 2 saturated heterocycles. The van der Waals surface area contributed by atoms with Crippen LogP contribution in [0.5, 0.6) is 0 Å². The minimum Gasteiger partial charge on any atom is -0.355 e. The molecule has 3 heterocycles. The van der Waals surface area contributed by atoms with Gasteiger partial charge in [0.2, 0.25) is 15.9 Å². The maximum Gasteiger partial charge on any atom is 0.248 e. The molecule has 172 valence electrons. The van der Waals surface area contributed by atoms with Gasteiger partial charge in [-0.15, -0.1) is 0 Å². The third-order valence-corrected chi connectivity index (χ3v) is 8.46. The molecule has 0 aliphatic carbocycles. The first kappa shape index (κ1) is 22.7. The lowest BCUT2D eigenvalue weighted by atomic mass is 9.98. The van der Waals surface area contributed by atoms with Gasteiger partial charge < -0.3 is 9.42 Å². The van der Waals surface area contributed by atoms with E-state index >= 15 is 0 Å². The van der Waals surface area contributed by atoms with E-state index in [1.807, 2.05) is 43.0 Å². The highest BCUT2D eigenvalue weighted by atomic mass is 32.2. The van der Waals surface area contributed by atoms with Crippen molar-refractivity contribution in [2.24, 2.45) is 5.92 Å². The molecule has 1 atom stereocenters. The normalized spacial score (nSPS) is 20.3. The molecule has 2 aromatic rings. The summed E-state index contributed by atoms with van der Waals surface area (Å²) in [4.78, 5) is 14.8. The number of carbonyl (C=O) groups excluding carboxylic acids is 1. The second-order valence-electron chi connectivity index (χ2n) is 8.89. The maximum absolute atomic E-state index is 13.6. The minimum atomic E-state index is -3.84. The van der Waals surface area contributed by atoms with Crippen LogP contribution in [0.3, 0.4) is 0 Å². The topological polar surface area (TPSA) is 83.7 Å². The van der Waals surface area contributed by atoms with Gasteiger partial charge in [0.05, 0.1) is 5.92 Å². The molecular formula is C24H31N3O4S. The van der Waals surface area contributed by atoms with Crippen LogP contribution >= 0.6 is 0 Å². The summed E-state index contributed by atoms with van der Waals surface area (Å²) in [5.41, 5.74) is 3.54. The van der Waals surface area contributed by atoms with E-state index in [4.69, 9.17) is 4.52 Å². The van der Waals surface area contributed by atoms with E-state index in [1.54, 1.807) is 13.0 Å². The minimum absolute atomic E-state index is 0.0829. The Kier molecular flexibility index (Phi) is 6.53. The molecule has 0 saturated carbocycles. The van der Waals surface area contributed by atoms with Crippen LogP contribution in [0.4, 0.5) is 0 Å². The fraction of sp³-hybridized carbons (Fsp3) is 0.500. The Labute approximate surface area is 190 Å². The number of piperidine rings is 1. The SMILES string of the molecule is Cc1ccc(C)c(C=Cc2onc(C)c2S(=O)(=O)N2CCCC(C(=O)N3CCCC3)C2)c1. The second-order valence-corrected chi connectivity index (χ2v) is 10.8. The molecule has 0 N–H and O–H groups in total. The zero-order valence-corrected chi connectivity index (χ0v) is 19.8. The van der Waals surface area contributed by atoms with E-state index < -0.39 is 10.0 Å². The van der Waals surface area contributed by atoms with Gasteiger partial charge in [0.15, 0.2) is 10.7 Å². The van der Waals surface area contributed by atoms with Crippen molar-refractivity contribution in [3.63, 3.8) is 0 Å². The summed E-state index contributed by atoms with van der Waals surface area (Å²) < 4.78 is 34.0. The molecule has 0 bridgehead atoms. The molecule has 7 nitrogen and oxygen atoms in total. The quantitative estimate of drug-likeness (QED) is 0.682. The lowest BCUT2D eigenvalue weighted by Crippen LogP contribution is -2.46. The van der Waals surface area contributed by atoms with Gasteiger partial charge in [-0.1, -0.05) is 35.0 Å². The predicted octanol–water partition coefficient (Wildman–Crippen LogP) is 3.79. The summed E-state index contributed by atoms with van der Waals surface area (Å²) in [6.45, 7) is 7.83. The molecule has 2 aliphatic rings. The van der Waals surface area contributed by atoms with Gasteiger partial charge in [-0.2, -0.15) is 4.31 Å². The first-order valence-corrected chi connectivity index (χ1v) is 12.7. The van der Waals surface area contributed by atoms with E-state index in [9.17, 15) is 13.2 Å². The predicted molar refractivity (Wildman–Crippen MR) is 123 cm³/mol. The van der Waals surface area contributed by atoms with Crippen molar-refractivity contribution >= 4 is 28.1 Å². The van der Waals surface area contributed by atoms with Crippen LogP contribution in [0, 0.1) is 26.7 Å². The van der Waals surface area contributed by atoms with E-state index in [-0.39, 0.29) is 29.0 Å². The molecule has 0 spiro atoms. The molecule has 32 heavy (non-hydrogen) atoms. The van der Waals surface area contributed by atoms with Crippen molar-refractivity contribution in [3.8, 4) is 0 Å². The van der Waals surface area contributed by atoms with E-state index in [0.717, 1.165) is 49.0 Å². The number of hydrogen-bond donors (Lipinski definition) is 0. The Morgan fingerprint density at radius 3 is 2.59 bits per heavy atom. The first-order valence-electron chi connectivity index (χ1n) is 11.3. The molecule has 8 heteroatoms. The number of nitrogens with zero attached hydrogens (tertiary/aromatic N) is 3. The number of rotatable bonds is 5. The Balaban J connectivity index is 1.59. The highest BCUT2D eigenvalue weighted by Gasteiger charge is 2.38. The van der Waals surface area contributed by atoms with Crippen LogP contribution in [-0.2, 0) is 14.8 Å². The fourth-order valence-corrected chi connectivity index (χ4v) is 6.36. The third kappa shape index (κ3) is 4.52. The summed E-state index contributed by atoms with van der Waals surface area (Å²) in [5, 5.41) is 3.94. The summed E-state index contributed by atoms with van der Waals surface area (Å²) in [6.07, 6.45) is 6.97. The molecular weight excluding hydrogens is 426 g/mol. The second kappa shape index (κ2) is 9.19. The highest BCUT2D eigenvalue weighted by molar-refractivity contribution is 7.89. The molecule has 4 rings (SSSR count). The van der Waals surface area contributed by atoms with Crippen molar-refractivity contribution in [3.05, 3.63) is 46.3 Å². The summed E-state index contributed by atoms with van der Waals surface area (Å²) in [6, 6.07) is 6.11. The van der Waals surface area contributed by atoms with Crippen molar-refractivity contribution < 1.29 is 17.7 Å². The van der Waals surface area contributed by atoms with Gasteiger partial charge in [0.1, 0.15) is 5.69 Å². The maximum atomic E-state index is 13.6. The number of benzene rings is 1. The lowest BCUT2D eigenvalue weighted by Gasteiger charge is -2.33.